The maximum absolute atomic E-state index is 12.9. The summed E-state index contributed by atoms with van der Waals surface area (Å²) >= 11 is 0. The zero-order valence-corrected chi connectivity index (χ0v) is 19.4. The molecular formula is C25H37N3O3. The van der Waals surface area contributed by atoms with E-state index in [4.69, 9.17) is 20.3 Å². The topological polar surface area (TPSA) is 79.4 Å². The summed E-state index contributed by atoms with van der Waals surface area (Å²) in [5, 5.41) is 4.78. The highest BCUT2D eigenvalue weighted by molar-refractivity contribution is 5.86. The second kappa shape index (κ2) is 10.8. The van der Waals surface area contributed by atoms with Crippen LogP contribution >= 0.6 is 0 Å². The predicted octanol–water partition coefficient (Wildman–Crippen LogP) is 4.63. The molecule has 1 fully saturated rings. The van der Waals surface area contributed by atoms with Crippen LogP contribution in [0.5, 0.6) is 11.5 Å². The number of hydrogen-bond donors (Lipinski definition) is 1. The van der Waals surface area contributed by atoms with Gasteiger partial charge in [0.2, 0.25) is 0 Å². The zero-order valence-electron chi connectivity index (χ0n) is 19.4. The Labute approximate surface area is 186 Å². The Hall–Kier alpha value is -2.34. The first-order valence-electron chi connectivity index (χ1n) is 11.5. The second-order valence-electron chi connectivity index (χ2n) is 9.12. The molecule has 1 aromatic heterocycles. The average molecular weight is 428 g/mol. The molecule has 0 amide bonds. The van der Waals surface area contributed by atoms with Crippen LogP contribution in [0, 0.1) is 11.8 Å². The van der Waals surface area contributed by atoms with Crippen LogP contribution in [0.4, 0.5) is 0 Å². The number of rotatable bonds is 10. The number of Topliss-reactive ketones (excluding diaryl/α,β-unsaturated/α-hetero) is 1. The number of carbonyl (C=O) groups is 1. The Kier molecular flexibility index (Phi) is 8.13. The summed E-state index contributed by atoms with van der Waals surface area (Å²) in [7, 11) is 3.30. The summed E-state index contributed by atoms with van der Waals surface area (Å²) in [6.07, 6.45) is 7.26. The predicted molar refractivity (Wildman–Crippen MR) is 123 cm³/mol. The number of nitrogens with zero attached hydrogens (tertiary/aromatic N) is 2. The van der Waals surface area contributed by atoms with Crippen LogP contribution < -0.4 is 15.2 Å². The first-order valence-corrected chi connectivity index (χ1v) is 11.5. The first kappa shape index (κ1) is 23.3. The summed E-state index contributed by atoms with van der Waals surface area (Å²) in [4.78, 5) is 12.9. The average Bonchev–Trinajstić information content (AvgIpc) is 3.14. The van der Waals surface area contributed by atoms with Gasteiger partial charge in [0.25, 0.3) is 0 Å². The molecule has 0 saturated heterocycles. The summed E-state index contributed by atoms with van der Waals surface area (Å²) < 4.78 is 13.2. The van der Waals surface area contributed by atoms with Gasteiger partial charge in [-0.05, 0) is 36.5 Å². The van der Waals surface area contributed by atoms with Gasteiger partial charge in [-0.1, -0.05) is 52.0 Å². The Morgan fingerprint density at radius 3 is 2.39 bits per heavy atom. The van der Waals surface area contributed by atoms with Crippen LogP contribution in [0.15, 0.2) is 24.3 Å². The first-order chi connectivity index (χ1) is 14.9. The maximum atomic E-state index is 12.9. The van der Waals surface area contributed by atoms with Crippen LogP contribution in [0.25, 0.3) is 11.3 Å². The van der Waals surface area contributed by atoms with Crippen molar-refractivity contribution in [1.82, 2.24) is 9.78 Å². The van der Waals surface area contributed by atoms with Crippen molar-refractivity contribution in [3.05, 3.63) is 30.0 Å². The molecule has 0 bridgehead atoms. The lowest BCUT2D eigenvalue weighted by Crippen LogP contribution is -2.34. The van der Waals surface area contributed by atoms with Gasteiger partial charge in [0.05, 0.1) is 43.6 Å². The molecule has 1 aliphatic rings. The molecule has 0 spiro atoms. The molecule has 0 radical (unpaired) electrons. The highest BCUT2D eigenvalue weighted by Crippen LogP contribution is 2.39. The van der Waals surface area contributed by atoms with E-state index in [0.717, 1.165) is 41.4 Å². The molecule has 1 aliphatic carbocycles. The van der Waals surface area contributed by atoms with Crippen molar-refractivity contribution in [2.24, 2.45) is 17.6 Å². The number of carbonyl (C=O) groups excluding carboxylic acids is 1. The van der Waals surface area contributed by atoms with Gasteiger partial charge in [-0.15, -0.1) is 0 Å². The molecule has 0 unspecified atom stereocenters. The second-order valence-corrected chi connectivity index (χ2v) is 9.12. The number of methoxy groups -OCH3 is 2. The molecule has 1 atom stereocenters. The number of hydrogen-bond acceptors (Lipinski definition) is 5. The minimum atomic E-state index is -0.414. The Morgan fingerprint density at radius 1 is 1.16 bits per heavy atom. The smallest absolute Gasteiger partial charge is 0.155 e. The molecule has 0 aliphatic heterocycles. The van der Waals surface area contributed by atoms with E-state index in [1.807, 2.05) is 28.9 Å². The molecule has 1 saturated carbocycles. The van der Waals surface area contributed by atoms with E-state index in [1.165, 1.54) is 32.1 Å². The summed E-state index contributed by atoms with van der Waals surface area (Å²) in [6.45, 7) is 5.03. The minimum absolute atomic E-state index is 0.0679. The van der Waals surface area contributed by atoms with Crippen LogP contribution in [0.1, 0.15) is 58.1 Å². The van der Waals surface area contributed by atoms with Crippen LogP contribution in [-0.2, 0) is 17.8 Å². The fourth-order valence-electron chi connectivity index (χ4n) is 4.57. The summed E-state index contributed by atoms with van der Waals surface area (Å²) in [6, 6.07) is 7.29. The fourth-order valence-corrected chi connectivity index (χ4v) is 4.57. The van der Waals surface area contributed by atoms with E-state index >= 15 is 0 Å². The molecule has 2 N–H and O–H groups in total. The molecule has 2 aromatic rings. The van der Waals surface area contributed by atoms with Crippen LogP contribution in [0.3, 0.4) is 0 Å². The Balaban J connectivity index is 1.84. The van der Waals surface area contributed by atoms with E-state index in [2.05, 4.69) is 13.8 Å². The standard InChI is InChI=1S/C25H37N3O3/c1-17(2)16-28-21(25-23(30-3)11-8-12-24(25)31-4)14-19(27-28)15-22(29)20(26)13-18-9-6-5-7-10-18/h8,11-12,14,17-18,20H,5-7,9-10,13,15-16,26H2,1-4H3/t20-/m1/s1. The van der Waals surface area contributed by atoms with E-state index in [-0.39, 0.29) is 12.2 Å². The van der Waals surface area contributed by atoms with Gasteiger partial charge in [0.1, 0.15) is 11.5 Å². The molecule has 3 rings (SSSR count). The highest BCUT2D eigenvalue weighted by atomic mass is 16.5. The van der Waals surface area contributed by atoms with Gasteiger partial charge < -0.3 is 15.2 Å². The van der Waals surface area contributed by atoms with E-state index in [1.54, 1.807) is 14.2 Å². The van der Waals surface area contributed by atoms with Crippen molar-refractivity contribution >= 4 is 5.78 Å². The van der Waals surface area contributed by atoms with Crippen molar-refractivity contribution in [2.45, 2.75) is 71.4 Å². The van der Waals surface area contributed by atoms with E-state index < -0.39 is 6.04 Å². The van der Waals surface area contributed by atoms with Gasteiger partial charge in [0, 0.05) is 6.54 Å². The Morgan fingerprint density at radius 2 is 1.81 bits per heavy atom. The molecule has 6 nitrogen and oxygen atoms in total. The lowest BCUT2D eigenvalue weighted by Gasteiger charge is -2.23. The molecule has 6 heteroatoms. The van der Waals surface area contributed by atoms with Crippen molar-refractivity contribution in [3.63, 3.8) is 0 Å². The normalized spacial score (nSPS) is 15.8. The van der Waals surface area contributed by atoms with E-state index in [9.17, 15) is 4.79 Å². The van der Waals surface area contributed by atoms with Crippen molar-refractivity contribution < 1.29 is 14.3 Å². The maximum Gasteiger partial charge on any atom is 0.155 e. The van der Waals surface area contributed by atoms with Gasteiger partial charge in [-0.25, -0.2) is 0 Å². The third-order valence-electron chi connectivity index (χ3n) is 6.13. The number of ketones is 1. The van der Waals surface area contributed by atoms with Crippen LogP contribution in [0.2, 0.25) is 0 Å². The van der Waals surface area contributed by atoms with Crippen molar-refractivity contribution in [3.8, 4) is 22.8 Å². The van der Waals surface area contributed by atoms with Gasteiger partial charge in [-0.2, -0.15) is 5.10 Å². The van der Waals surface area contributed by atoms with Gasteiger partial charge in [0.15, 0.2) is 5.78 Å². The molecule has 31 heavy (non-hydrogen) atoms. The van der Waals surface area contributed by atoms with Crippen molar-refractivity contribution in [1.29, 1.82) is 0 Å². The molecule has 1 aromatic carbocycles. The summed E-state index contributed by atoms with van der Waals surface area (Å²) in [5.41, 5.74) is 8.79. The van der Waals surface area contributed by atoms with Gasteiger partial charge in [-0.3, -0.25) is 9.48 Å². The third-order valence-corrected chi connectivity index (χ3v) is 6.13. The van der Waals surface area contributed by atoms with Crippen molar-refractivity contribution in [2.75, 3.05) is 14.2 Å². The molecule has 170 valence electrons. The zero-order chi connectivity index (χ0) is 22.4. The van der Waals surface area contributed by atoms with Crippen LogP contribution in [-0.4, -0.2) is 35.8 Å². The largest absolute Gasteiger partial charge is 0.496 e. The quantitative estimate of drug-likeness (QED) is 0.598. The lowest BCUT2D eigenvalue weighted by molar-refractivity contribution is -0.120. The number of nitrogens with two attached hydrogens (primary N) is 1. The molecule has 1 heterocycles. The fraction of sp³-hybridized carbons (Fsp3) is 0.600. The number of benzene rings is 1. The SMILES string of the molecule is COc1cccc(OC)c1-c1cc(CC(=O)[C@H](N)CC2CCCCC2)nn1CC(C)C. The highest BCUT2D eigenvalue weighted by Gasteiger charge is 2.24. The number of aromatic nitrogens is 2. The van der Waals surface area contributed by atoms with Gasteiger partial charge >= 0.3 is 0 Å². The lowest BCUT2D eigenvalue weighted by atomic mass is 9.84. The Bertz CT molecular complexity index is 847. The minimum Gasteiger partial charge on any atom is -0.496 e. The molecular weight excluding hydrogens is 390 g/mol. The van der Waals surface area contributed by atoms with E-state index in [0.29, 0.717) is 11.8 Å². The number of ether oxygens (including phenoxy) is 2. The third kappa shape index (κ3) is 5.88. The summed E-state index contributed by atoms with van der Waals surface area (Å²) in [5.74, 6) is 2.49. The monoisotopic (exact) mass is 427 g/mol.